The molecule has 0 fully saturated rings. The molecular formula is C21H20O2. The van der Waals surface area contributed by atoms with Gasteiger partial charge in [-0.3, -0.25) is 9.59 Å². The molecule has 2 aromatic rings. The maximum absolute atomic E-state index is 12.7. The van der Waals surface area contributed by atoms with E-state index in [1.807, 2.05) is 66.7 Å². The van der Waals surface area contributed by atoms with Gasteiger partial charge >= 0.3 is 0 Å². The van der Waals surface area contributed by atoms with Crippen molar-refractivity contribution < 1.29 is 9.59 Å². The molecule has 1 aliphatic carbocycles. The van der Waals surface area contributed by atoms with Gasteiger partial charge in [-0.2, -0.15) is 0 Å². The summed E-state index contributed by atoms with van der Waals surface area (Å²) in [5.74, 6) is 0.213. The van der Waals surface area contributed by atoms with Crippen LogP contribution in [0.3, 0.4) is 0 Å². The van der Waals surface area contributed by atoms with Crippen LogP contribution in [0.5, 0.6) is 0 Å². The van der Waals surface area contributed by atoms with Crippen molar-refractivity contribution in [2.75, 3.05) is 0 Å². The molecule has 0 bridgehead atoms. The Hall–Kier alpha value is -2.48. The number of hydrogen-bond donors (Lipinski definition) is 0. The third-order valence-corrected chi connectivity index (χ3v) is 4.39. The molecule has 2 nitrogen and oxygen atoms in total. The molecule has 0 aliphatic heterocycles. The second-order valence-corrected chi connectivity index (χ2v) is 5.98. The third-order valence-electron chi connectivity index (χ3n) is 4.39. The number of rotatable bonds is 5. The van der Waals surface area contributed by atoms with Crippen LogP contribution >= 0.6 is 0 Å². The number of allylic oxidation sites excluding steroid dienone is 2. The van der Waals surface area contributed by atoms with E-state index >= 15 is 0 Å². The number of Topliss-reactive ketones (excluding diaryl/α,β-unsaturated/α-hetero) is 2. The highest BCUT2D eigenvalue weighted by Crippen LogP contribution is 2.31. The summed E-state index contributed by atoms with van der Waals surface area (Å²) < 4.78 is 0. The number of ketones is 2. The molecule has 0 radical (unpaired) electrons. The summed E-state index contributed by atoms with van der Waals surface area (Å²) in [6.07, 6.45) is 5.31. The van der Waals surface area contributed by atoms with Crippen molar-refractivity contribution in [1.29, 1.82) is 0 Å². The van der Waals surface area contributed by atoms with Gasteiger partial charge in [0.25, 0.3) is 0 Å². The fourth-order valence-corrected chi connectivity index (χ4v) is 3.16. The lowest BCUT2D eigenvalue weighted by Gasteiger charge is -2.23. The highest BCUT2D eigenvalue weighted by Gasteiger charge is 2.26. The van der Waals surface area contributed by atoms with E-state index in [1.165, 1.54) is 0 Å². The minimum Gasteiger partial charge on any atom is -0.294 e. The molecule has 1 aliphatic rings. The third kappa shape index (κ3) is 3.65. The van der Waals surface area contributed by atoms with Crippen molar-refractivity contribution in [3.05, 3.63) is 83.4 Å². The predicted octanol–water partition coefficient (Wildman–Crippen LogP) is 4.87. The Morgan fingerprint density at radius 2 is 1.48 bits per heavy atom. The van der Waals surface area contributed by atoms with Gasteiger partial charge < -0.3 is 0 Å². The normalized spacial score (nSPS) is 17.4. The zero-order chi connectivity index (χ0) is 16.1. The summed E-state index contributed by atoms with van der Waals surface area (Å²) in [5.41, 5.74) is 2.24. The molecule has 2 heteroatoms. The summed E-state index contributed by atoms with van der Waals surface area (Å²) in [5, 5.41) is 0. The average Bonchev–Trinajstić information content (AvgIpc) is 2.63. The summed E-state index contributed by atoms with van der Waals surface area (Å²) in [7, 11) is 0. The zero-order valence-corrected chi connectivity index (χ0v) is 13.1. The number of benzene rings is 2. The van der Waals surface area contributed by atoms with Crippen LogP contribution in [0.25, 0.3) is 0 Å². The van der Waals surface area contributed by atoms with Crippen LogP contribution in [0.2, 0.25) is 0 Å². The number of carbonyl (C=O) groups excluding carboxylic acids is 2. The van der Waals surface area contributed by atoms with Crippen molar-refractivity contribution in [3.8, 4) is 0 Å². The molecule has 0 spiro atoms. The van der Waals surface area contributed by atoms with E-state index in [9.17, 15) is 9.59 Å². The van der Waals surface area contributed by atoms with Gasteiger partial charge in [0.1, 0.15) is 0 Å². The topological polar surface area (TPSA) is 34.1 Å². The Morgan fingerprint density at radius 1 is 0.870 bits per heavy atom. The monoisotopic (exact) mass is 304 g/mol. The van der Waals surface area contributed by atoms with Gasteiger partial charge in [-0.15, -0.1) is 0 Å². The molecule has 116 valence electrons. The largest absolute Gasteiger partial charge is 0.294 e. The van der Waals surface area contributed by atoms with Gasteiger partial charge in [-0.05, 0) is 30.8 Å². The lowest BCUT2D eigenvalue weighted by atomic mass is 9.80. The van der Waals surface area contributed by atoms with E-state index in [0.717, 1.165) is 30.4 Å². The van der Waals surface area contributed by atoms with Gasteiger partial charge in [0.05, 0.1) is 0 Å². The van der Waals surface area contributed by atoms with Crippen molar-refractivity contribution in [2.24, 2.45) is 5.92 Å². The Balaban J connectivity index is 1.78. The van der Waals surface area contributed by atoms with Gasteiger partial charge in [0, 0.05) is 17.5 Å². The first kappa shape index (κ1) is 15.4. The smallest absolute Gasteiger partial charge is 0.188 e. The van der Waals surface area contributed by atoms with Crippen molar-refractivity contribution in [3.63, 3.8) is 0 Å². The molecule has 1 atom stereocenters. The fraction of sp³-hybridized carbons (Fsp3) is 0.238. The summed E-state index contributed by atoms with van der Waals surface area (Å²) in [4.78, 5) is 25.2. The highest BCUT2D eigenvalue weighted by molar-refractivity contribution is 6.09. The van der Waals surface area contributed by atoms with Crippen LogP contribution < -0.4 is 0 Å². The van der Waals surface area contributed by atoms with E-state index in [2.05, 4.69) is 0 Å². The number of hydrogen-bond acceptors (Lipinski definition) is 2. The molecule has 0 aromatic heterocycles. The van der Waals surface area contributed by atoms with E-state index in [4.69, 9.17) is 0 Å². The zero-order valence-electron chi connectivity index (χ0n) is 13.1. The van der Waals surface area contributed by atoms with Crippen LogP contribution in [0.4, 0.5) is 0 Å². The molecule has 0 saturated heterocycles. The maximum Gasteiger partial charge on any atom is 0.188 e. The first-order valence-corrected chi connectivity index (χ1v) is 8.14. The highest BCUT2D eigenvalue weighted by atomic mass is 16.1. The molecule has 23 heavy (non-hydrogen) atoms. The van der Waals surface area contributed by atoms with Crippen LogP contribution in [-0.2, 0) is 0 Å². The first-order chi connectivity index (χ1) is 11.3. The summed E-state index contributed by atoms with van der Waals surface area (Å²) >= 11 is 0. The van der Waals surface area contributed by atoms with Gasteiger partial charge in [-0.25, -0.2) is 0 Å². The number of carbonyl (C=O) groups is 2. The maximum atomic E-state index is 12.7. The Bertz CT molecular complexity index is 714. The van der Waals surface area contributed by atoms with Crippen molar-refractivity contribution >= 4 is 11.6 Å². The van der Waals surface area contributed by atoms with E-state index in [-0.39, 0.29) is 17.5 Å². The van der Waals surface area contributed by atoms with Gasteiger partial charge in [0.15, 0.2) is 11.6 Å². The molecule has 0 heterocycles. The van der Waals surface area contributed by atoms with Crippen molar-refractivity contribution in [1.82, 2.24) is 0 Å². The minimum atomic E-state index is 0.0316. The Kier molecular flexibility index (Phi) is 4.82. The predicted molar refractivity (Wildman–Crippen MR) is 91.6 cm³/mol. The quantitative estimate of drug-likeness (QED) is 0.739. The fourth-order valence-electron chi connectivity index (χ4n) is 3.16. The average molecular weight is 304 g/mol. The van der Waals surface area contributed by atoms with E-state index in [0.29, 0.717) is 12.0 Å². The van der Waals surface area contributed by atoms with Crippen LogP contribution in [0.15, 0.2) is 72.3 Å². The standard InChI is InChI=1S/C21H20O2/c22-20(16-9-3-1-4-10-16)15-18-13-7-8-14-19(18)21(23)17-11-5-2-6-12-17/h1-6,9-12,14,18H,7-8,13,15H2/t18-/m1/s1. The summed E-state index contributed by atoms with van der Waals surface area (Å²) in [6, 6.07) is 18.7. The molecule has 0 N–H and O–H groups in total. The summed E-state index contributed by atoms with van der Waals surface area (Å²) in [6.45, 7) is 0. The molecule has 3 rings (SSSR count). The van der Waals surface area contributed by atoms with Crippen LogP contribution in [0.1, 0.15) is 46.4 Å². The first-order valence-electron chi connectivity index (χ1n) is 8.14. The van der Waals surface area contributed by atoms with Crippen LogP contribution in [-0.4, -0.2) is 11.6 Å². The van der Waals surface area contributed by atoms with Crippen molar-refractivity contribution in [2.45, 2.75) is 25.7 Å². The molecule has 0 amide bonds. The molecule has 0 saturated carbocycles. The lowest BCUT2D eigenvalue weighted by Crippen LogP contribution is -2.20. The second kappa shape index (κ2) is 7.19. The lowest BCUT2D eigenvalue weighted by molar-refractivity contribution is 0.0953. The minimum absolute atomic E-state index is 0.0316. The van der Waals surface area contributed by atoms with E-state index in [1.54, 1.807) is 0 Å². The molecule has 2 aromatic carbocycles. The van der Waals surface area contributed by atoms with Gasteiger partial charge in [-0.1, -0.05) is 66.7 Å². The molecule has 0 unspecified atom stereocenters. The Morgan fingerprint density at radius 3 is 2.13 bits per heavy atom. The Labute approximate surface area is 136 Å². The van der Waals surface area contributed by atoms with E-state index < -0.39 is 0 Å². The second-order valence-electron chi connectivity index (χ2n) is 5.98. The van der Waals surface area contributed by atoms with Crippen LogP contribution in [0, 0.1) is 5.92 Å². The SMILES string of the molecule is O=C(C[C@H]1CCCC=C1C(=O)c1ccccc1)c1ccccc1. The van der Waals surface area contributed by atoms with Gasteiger partial charge in [0.2, 0.25) is 0 Å². The molecular weight excluding hydrogens is 284 g/mol.